The Bertz CT molecular complexity index is 628. The molecule has 0 atom stereocenters. The number of hydrogen-bond donors (Lipinski definition) is 0. The van der Waals surface area contributed by atoms with E-state index < -0.39 is 0 Å². The van der Waals surface area contributed by atoms with Crippen molar-refractivity contribution in [2.45, 2.75) is 24.9 Å². The largest absolute Gasteiger partial charge is 0.466 e. The molecule has 0 aliphatic heterocycles. The van der Waals surface area contributed by atoms with Crippen molar-refractivity contribution >= 4 is 29.3 Å². The molecule has 2 aromatic rings. The van der Waals surface area contributed by atoms with Crippen molar-refractivity contribution in [1.29, 1.82) is 0 Å². The average molecular weight is 340 g/mol. The molecule has 0 N–H and O–H groups in total. The van der Waals surface area contributed by atoms with E-state index in [4.69, 9.17) is 16.3 Å². The second-order valence-corrected chi connectivity index (χ2v) is 6.13. The lowest BCUT2D eigenvalue weighted by atomic mass is 10.2. The van der Waals surface area contributed by atoms with Crippen LogP contribution < -0.4 is 0 Å². The van der Waals surface area contributed by atoms with Crippen LogP contribution in [-0.2, 0) is 16.6 Å². The standard InChI is InChI=1S/C15H18ClN3O2S/c1-3-21-13(20)5-4-10-22-15-18-17-14(19(15)2)11-6-8-12(16)9-7-11/h6-9H,3-5,10H2,1-2H3. The summed E-state index contributed by atoms with van der Waals surface area (Å²) < 4.78 is 6.84. The fourth-order valence-electron chi connectivity index (χ4n) is 1.90. The second kappa shape index (κ2) is 8.19. The van der Waals surface area contributed by atoms with E-state index in [9.17, 15) is 4.79 Å². The Labute approximate surface area is 139 Å². The predicted octanol–water partition coefficient (Wildman–Crippen LogP) is 3.57. The van der Waals surface area contributed by atoms with Gasteiger partial charge in [-0.1, -0.05) is 23.4 Å². The van der Waals surface area contributed by atoms with E-state index in [-0.39, 0.29) is 5.97 Å². The Morgan fingerprint density at radius 2 is 2.05 bits per heavy atom. The monoisotopic (exact) mass is 339 g/mol. The summed E-state index contributed by atoms with van der Waals surface area (Å²) >= 11 is 7.47. The van der Waals surface area contributed by atoms with Gasteiger partial charge in [-0.05, 0) is 37.6 Å². The molecule has 0 unspecified atom stereocenters. The van der Waals surface area contributed by atoms with Crippen LogP contribution in [0.4, 0.5) is 0 Å². The molecule has 0 saturated carbocycles. The molecule has 0 fully saturated rings. The number of esters is 1. The number of carbonyl (C=O) groups is 1. The molecule has 2 rings (SSSR count). The minimum Gasteiger partial charge on any atom is -0.466 e. The molecule has 0 bridgehead atoms. The smallest absolute Gasteiger partial charge is 0.305 e. The van der Waals surface area contributed by atoms with Crippen molar-refractivity contribution in [3.05, 3.63) is 29.3 Å². The van der Waals surface area contributed by atoms with E-state index in [0.29, 0.717) is 18.1 Å². The van der Waals surface area contributed by atoms with Crippen LogP contribution in [0.15, 0.2) is 29.4 Å². The fraction of sp³-hybridized carbons (Fsp3) is 0.400. The Balaban J connectivity index is 1.91. The van der Waals surface area contributed by atoms with Gasteiger partial charge >= 0.3 is 5.97 Å². The molecule has 0 spiro atoms. The van der Waals surface area contributed by atoms with Gasteiger partial charge in [0.15, 0.2) is 11.0 Å². The third-order valence-corrected chi connectivity index (χ3v) is 4.36. The van der Waals surface area contributed by atoms with Gasteiger partial charge in [0.05, 0.1) is 6.61 Å². The molecule has 22 heavy (non-hydrogen) atoms. The van der Waals surface area contributed by atoms with Gasteiger partial charge in [-0.3, -0.25) is 4.79 Å². The number of benzene rings is 1. The summed E-state index contributed by atoms with van der Waals surface area (Å²) in [6, 6.07) is 7.50. The first-order valence-electron chi connectivity index (χ1n) is 7.05. The van der Waals surface area contributed by atoms with E-state index in [0.717, 1.165) is 28.7 Å². The Kier molecular flexibility index (Phi) is 6.27. The molecule has 5 nitrogen and oxygen atoms in total. The molecular weight excluding hydrogens is 322 g/mol. The number of halogens is 1. The number of ether oxygens (including phenoxy) is 1. The minimum atomic E-state index is -0.150. The highest BCUT2D eigenvalue weighted by Crippen LogP contribution is 2.24. The summed E-state index contributed by atoms with van der Waals surface area (Å²) in [7, 11) is 1.93. The van der Waals surface area contributed by atoms with Crippen LogP contribution in [0.2, 0.25) is 5.02 Å². The number of nitrogens with zero attached hydrogens (tertiary/aromatic N) is 3. The molecule has 118 valence electrons. The van der Waals surface area contributed by atoms with Gasteiger partial charge in [0, 0.05) is 29.8 Å². The lowest BCUT2D eigenvalue weighted by molar-refractivity contribution is -0.143. The lowest BCUT2D eigenvalue weighted by Gasteiger charge is -2.04. The number of thioether (sulfide) groups is 1. The maximum Gasteiger partial charge on any atom is 0.305 e. The number of aromatic nitrogens is 3. The van der Waals surface area contributed by atoms with Crippen molar-refractivity contribution in [2.75, 3.05) is 12.4 Å². The Morgan fingerprint density at radius 3 is 2.73 bits per heavy atom. The van der Waals surface area contributed by atoms with Crippen LogP contribution in [0, 0.1) is 0 Å². The van der Waals surface area contributed by atoms with Crippen LogP contribution in [0.3, 0.4) is 0 Å². The van der Waals surface area contributed by atoms with Gasteiger partial charge in [-0.15, -0.1) is 10.2 Å². The molecular formula is C15H18ClN3O2S. The normalized spacial score (nSPS) is 10.7. The van der Waals surface area contributed by atoms with E-state index in [1.54, 1.807) is 11.8 Å². The molecule has 1 aromatic heterocycles. The van der Waals surface area contributed by atoms with Gasteiger partial charge in [0.2, 0.25) is 0 Å². The lowest BCUT2D eigenvalue weighted by Crippen LogP contribution is -2.04. The summed E-state index contributed by atoms with van der Waals surface area (Å²) in [4.78, 5) is 11.3. The first-order chi connectivity index (χ1) is 10.6. The number of hydrogen-bond acceptors (Lipinski definition) is 5. The third-order valence-electron chi connectivity index (χ3n) is 3.00. The van der Waals surface area contributed by atoms with Gasteiger partial charge in [-0.25, -0.2) is 0 Å². The molecule has 1 aromatic carbocycles. The zero-order chi connectivity index (χ0) is 15.9. The quantitative estimate of drug-likeness (QED) is 0.438. The second-order valence-electron chi connectivity index (χ2n) is 4.63. The predicted molar refractivity (Wildman–Crippen MR) is 88.0 cm³/mol. The number of carbonyl (C=O) groups excluding carboxylic acids is 1. The van der Waals surface area contributed by atoms with Crippen LogP contribution in [-0.4, -0.2) is 33.1 Å². The van der Waals surface area contributed by atoms with Gasteiger partial charge in [0.1, 0.15) is 0 Å². The Hall–Kier alpha value is -1.53. The van der Waals surface area contributed by atoms with E-state index in [2.05, 4.69) is 10.2 Å². The fourth-order valence-corrected chi connectivity index (χ4v) is 2.88. The summed E-state index contributed by atoms with van der Waals surface area (Å²) in [6.45, 7) is 2.24. The Morgan fingerprint density at radius 1 is 1.32 bits per heavy atom. The van der Waals surface area contributed by atoms with Crippen molar-refractivity contribution in [3.8, 4) is 11.4 Å². The maximum atomic E-state index is 11.3. The summed E-state index contributed by atoms with van der Waals surface area (Å²) in [5.74, 6) is 1.44. The van der Waals surface area contributed by atoms with E-state index in [1.165, 1.54) is 0 Å². The highest BCUT2D eigenvalue weighted by atomic mass is 35.5. The van der Waals surface area contributed by atoms with Crippen LogP contribution in [0.25, 0.3) is 11.4 Å². The SMILES string of the molecule is CCOC(=O)CCCSc1nnc(-c2ccc(Cl)cc2)n1C. The topological polar surface area (TPSA) is 57.0 Å². The van der Waals surface area contributed by atoms with E-state index >= 15 is 0 Å². The highest BCUT2D eigenvalue weighted by Gasteiger charge is 2.11. The van der Waals surface area contributed by atoms with Crippen molar-refractivity contribution in [1.82, 2.24) is 14.8 Å². The van der Waals surface area contributed by atoms with Crippen LogP contribution in [0.5, 0.6) is 0 Å². The molecule has 0 amide bonds. The van der Waals surface area contributed by atoms with Gasteiger partial charge in [-0.2, -0.15) is 0 Å². The van der Waals surface area contributed by atoms with Gasteiger partial charge < -0.3 is 9.30 Å². The molecule has 0 radical (unpaired) electrons. The first kappa shape index (κ1) is 16.8. The molecule has 7 heteroatoms. The molecule has 0 aliphatic rings. The molecule has 1 heterocycles. The zero-order valence-electron chi connectivity index (χ0n) is 12.6. The average Bonchev–Trinajstić information content (AvgIpc) is 2.86. The van der Waals surface area contributed by atoms with Gasteiger partial charge in [0.25, 0.3) is 0 Å². The summed E-state index contributed by atoms with van der Waals surface area (Å²) in [5.41, 5.74) is 0.970. The van der Waals surface area contributed by atoms with Crippen molar-refractivity contribution < 1.29 is 9.53 Å². The highest BCUT2D eigenvalue weighted by molar-refractivity contribution is 7.99. The molecule has 0 aliphatic carbocycles. The van der Waals surface area contributed by atoms with Crippen molar-refractivity contribution in [2.24, 2.45) is 7.05 Å². The maximum absolute atomic E-state index is 11.3. The zero-order valence-corrected chi connectivity index (χ0v) is 14.2. The van der Waals surface area contributed by atoms with Crippen LogP contribution in [0.1, 0.15) is 19.8 Å². The first-order valence-corrected chi connectivity index (χ1v) is 8.42. The minimum absolute atomic E-state index is 0.150. The van der Waals surface area contributed by atoms with E-state index in [1.807, 2.05) is 42.8 Å². The summed E-state index contributed by atoms with van der Waals surface area (Å²) in [6.07, 6.45) is 1.19. The van der Waals surface area contributed by atoms with Crippen molar-refractivity contribution in [3.63, 3.8) is 0 Å². The number of rotatable bonds is 7. The third kappa shape index (κ3) is 4.48. The summed E-state index contributed by atoms with van der Waals surface area (Å²) in [5, 5.41) is 9.93. The molecule has 0 saturated heterocycles. The van der Waals surface area contributed by atoms with Crippen LogP contribution >= 0.6 is 23.4 Å².